The second kappa shape index (κ2) is 5.80. The molecule has 1 spiro atoms. The molecule has 0 aromatic carbocycles. The van der Waals surface area contributed by atoms with Gasteiger partial charge in [0.2, 0.25) is 0 Å². The predicted molar refractivity (Wildman–Crippen MR) is 104 cm³/mol. The Morgan fingerprint density at radius 2 is 2.21 bits per heavy atom. The van der Waals surface area contributed by atoms with Crippen LogP contribution in [0.5, 0.6) is 0 Å². The number of nitrogens with zero attached hydrogens (tertiary/aromatic N) is 1. The van der Waals surface area contributed by atoms with Gasteiger partial charge in [0.15, 0.2) is 5.60 Å². The number of aliphatic hydroxyl groups is 1. The summed E-state index contributed by atoms with van der Waals surface area (Å²) in [6.07, 6.45) is 10.2. The molecule has 6 heteroatoms. The third-order valence-corrected chi connectivity index (χ3v) is 8.81. The van der Waals surface area contributed by atoms with Crippen molar-refractivity contribution in [2.45, 2.75) is 68.3 Å². The topological polar surface area (TPSA) is 76.1 Å². The van der Waals surface area contributed by atoms with Gasteiger partial charge in [0, 0.05) is 37.6 Å². The highest BCUT2D eigenvalue weighted by atomic mass is 16.6. The number of hydrogen-bond acceptors (Lipinski definition) is 6. The predicted octanol–water partition coefficient (Wildman–Crippen LogP) is 1.77. The molecule has 3 saturated carbocycles. The lowest BCUT2D eigenvalue weighted by Gasteiger charge is -2.63. The maximum absolute atomic E-state index is 12.8. The van der Waals surface area contributed by atoms with E-state index in [0.29, 0.717) is 37.2 Å². The molecule has 0 amide bonds. The largest absolute Gasteiger partial charge is 0.454 e. The van der Waals surface area contributed by atoms with E-state index in [2.05, 4.69) is 4.90 Å². The third-order valence-electron chi connectivity index (χ3n) is 8.81. The van der Waals surface area contributed by atoms with E-state index >= 15 is 0 Å². The van der Waals surface area contributed by atoms with E-state index in [4.69, 9.17) is 9.47 Å². The summed E-state index contributed by atoms with van der Waals surface area (Å²) in [5, 5.41) is 11.2. The molecule has 29 heavy (non-hydrogen) atoms. The molecule has 7 rings (SSSR count). The second-order valence-electron chi connectivity index (χ2n) is 10.3. The van der Waals surface area contributed by atoms with Gasteiger partial charge in [0.1, 0.15) is 11.9 Å². The number of likely N-dealkylation sites (tertiary alicyclic amines) is 1. The number of carbonyl (C=O) groups excluding carboxylic acids is 2. The van der Waals surface area contributed by atoms with Gasteiger partial charge in [0.05, 0.1) is 12.1 Å². The van der Waals surface area contributed by atoms with Crippen LogP contribution in [0.25, 0.3) is 0 Å². The lowest BCUT2D eigenvalue weighted by atomic mass is 9.52. The van der Waals surface area contributed by atoms with Crippen LogP contribution in [0.3, 0.4) is 0 Å². The van der Waals surface area contributed by atoms with Crippen LogP contribution in [0, 0.1) is 17.3 Å². The summed E-state index contributed by atoms with van der Waals surface area (Å²) in [6.45, 7) is 2.12. The Morgan fingerprint density at radius 3 is 2.90 bits per heavy atom. The monoisotopic (exact) mass is 399 g/mol. The van der Waals surface area contributed by atoms with Crippen molar-refractivity contribution in [3.8, 4) is 0 Å². The van der Waals surface area contributed by atoms with Crippen LogP contribution in [0.2, 0.25) is 0 Å². The van der Waals surface area contributed by atoms with Crippen LogP contribution in [0.4, 0.5) is 0 Å². The van der Waals surface area contributed by atoms with Crippen molar-refractivity contribution in [2.24, 2.45) is 17.3 Å². The first-order valence-corrected chi connectivity index (χ1v) is 11.0. The van der Waals surface area contributed by atoms with Crippen molar-refractivity contribution in [3.05, 3.63) is 23.3 Å². The number of esters is 1. The average Bonchev–Trinajstić information content (AvgIpc) is 3.49. The quantitative estimate of drug-likeness (QED) is 0.561. The zero-order valence-electron chi connectivity index (χ0n) is 16.9. The highest BCUT2D eigenvalue weighted by molar-refractivity contribution is 5.84. The van der Waals surface area contributed by atoms with Crippen molar-refractivity contribution in [1.82, 2.24) is 4.90 Å². The summed E-state index contributed by atoms with van der Waals surface area (Å²) < 4.78 is 11.8. The highest BCUT2D eigenvalue weighted by Crippen LogP contribution is 2.71. The highest BCUT2D eigenvalue weighted by Gasteiger charge is 2.79. The van der Waals surface area contributed by atoms with Crippen molar-refractivity contribution >= 4 is 12.3 Å². The minimum absolute atomic E-state index is 0.0910. The van der Waals surface area contributed by atoms with Crippen LogP contribution in [-0.4, -0.2) is 65.8 Å². The number of carbonyl (C=O) groups is 2. The Morgan fingerprint density at radius 1 is 1.38 bits per heavy atom. The standard InChI is InChI=1S/C23H29NO5/c1-28-17-5-4-15(12-25)18(8-17)21-9-16-11-24(10-14-2-3-14)19(16)23(21)7-6-22(27,13-21)20(26)29-23/h4-5,12,14,16-17,19,27H,2-3,6-11,13H2,1H3/t16?,17?,19-,21-,22+,23-/m1/s1. The maximum Gasteiger partial charge on any atom is 0.338 e. The number of rotatable bonds is 5. The van der Waals surface area contributed by atoms with Crippen LogP contribution < -0.4 is 0 Å². The summed E-state index contributed by atoms with van der Waals surface area (Å²) in [5.74, 6) is 0.776. The second-order valence-corrected chi connectivity index (χ2v) is 10.3. The first-order chi connectivity index (χ1) is 13.9. The Labute approximate surface area is 170 Å². The fourth-order valence-corrected chi connectivity index (χ4v) is 7.41. The Bertz CT molecular complexity index is 846. The molecule has 4 aliphatic carbocycles. The fourth-order valence-electron chi connectivity index (χ4n) is 7.41. The van der Waals surface area contributed by atoms with Crippen molar-refractivity contribution in [1.29, 1.82) is 0 Å². The zero-order chi connectivity index (χ0) is 20.0. The first-order valence-electron chi connectivity index (χ1n) is 11.0. The number of allylic oxidation sites excluding steroid dienone is 2. The van der Waals surface area contributed by atoms with Crippen LogP contribution in [0.15, 0.2) is 23.3 Å². The number of aldehydes is 1. The van der Waals surface area contributed by atoms with Gasteiger partial charge in [-0.15, -0.1) is 0 Å². The molecule has 6 nitrogen and oxygen atoms in total. The van der Waals surface area contributed by atoms with E-state index in [9.17, 15) is 14.7 Å². The molecule has 1 N–H and O–H groups in total. The SMILES string of the molecule is COC1C=CC(C=O)=C([C@]23CC4CN(CC5CC5)[C@H]4[C@]24CC[C@](O)(C3)C(=O)O4)C1. The normalized spacial score (nSPS) is 48.2. The number of hydrogen-bond donors (Lipinski definition) is 1. The van der Waals surface area contributed by atoms with Gasteiger partial charge >= 0.3 is 5.97 Å². The zero-order valence-corrected chi connectivity index (χ0v) is 16.9. The van der Waals surface area contributed by atoms with Crippen molar-refractivity contribution < 1.29 is 24.2 Å². The maximum atomic E-state index is 12.8. The van der Waals surface area contributed by atoms with E-state index in [-0.39, 0.29) is 12.1 Å². The minimum atomic E-state index is -1.43. The summed E-state index contributed by atoms with van der Waals surface area (Å²) in [7, 11) is 1.68. The van der Waals surface area contributed by atoms with Gasteiger partial charge in [-0.2, -0.15) is 0 Å². The van der Waals surface area contributed by atoms with Gasteiger partial charge in [-0.1, -0.05) is 12.2 Å². The lowest BCUT2D eigenvalue weighted by molar-refractivity contribution is -0.260. The molecule has 3 saturated heterocycles. The van der Waals surface area contributed by atoms with Gasteiger partial charge < -0.3 is 14.6 Å². The first kappa shape index (κ1) is 18.3. The molecule has 3 heterocycles. The van der Waals surface area contributed by atoms with E-state index in [0.717, 1.165) is 37.3 Å². The molecular formula is C23H29NO5. The molecule has 2 unspecified atom stereocenters. The Hall–Kier alpha value is -1.50. The molecule has 2 bridgehead atoms. The summed E-state index contributed by atoms with van der Waals surface area (Å²) in [6, 6.07) is 0.212. The van der Waals surface area contributed by atoms with Gasteiger partial charge in [-0.25, -0.2) is 4.79 Å². The molecule has 6 fully saturated rings. The van der Waals surface area contributed by atoms with Crippen molar-refractivity contribution in [2.75, 3.05) is 20.2 Å². The smallest absolute Gasteiger partial charge is 0.338 e. The molecule has 3 aliphatic heterocycles. The van der Waals surface area contributed by atoms with Gasteiger partial charge in [-0.3, -0.25) is 9.69 Å². The molecule has 6 atom stereocenters. The Kier molecular flexibility index (Phi) is 3.66. The van der Waals surface area contributed by atoms with Crippen molar-refractivity contribution in [3.63, 3.8) is 0 Å². The van der Waals surface area contributed by atoms with Gasteiger partial charge in [-0.05, 0) is 55.9 Å². The van der Waals surface area contributed by atoms with Crippen LogP contribution in [-0.2, 0) is 19.1 Å². The number of fused-ring (bicyclic) bond motifs is 3. The number of ether oxygens (including phenoxy) is 2. The van der Waals surface area contributed by atoms with E-state index in [1.165, 1.54) is 12.8 Å². The molecule has 156 valence electrons. The van der Waals surface area contributed by atoms with Gasteiger partial charge in [0.25, 0.3) is 0 Å². The molecule has 0 radical (unpaired) electrons. The molecule has 7 aliphatic rings. The molecule has 0 aromatic rings. The molecule has 0 aromatic heterocycles. The average molecular weight is 399 g/mol. The van der Waals surface area contributed by atoms with Crippen LogP contribution in [0.1, 0.15) is 44.9 Å². The molecular weight excluding hydrogens is 370 g/mol. The summed E-state index contributed by atoms with van der Waals surface area (Å²) >= 11 is 0. The fraction of sp³-hybridized carbons (Fsp3) is 0.739. The van der Waals surface area contributed by atoms with E-state index in [1.807, 2.05) is 12.2 Å². The van der Waals surface area contributed by atoms with E-state index in [1.54, 1.807) is 7.11 Å². The summed E-state index contributed by atoms with van der Waals surface area (Å²) in [4.78, 5) is 27.3. The van der Waals surface area contributed by atoms with E-state index < -0.39 is 22.6 Å². The van der Waals surface area contributed by atoms with Crippen LogP contribution >= 0.6 is 0 Å². The Balaban J connectivity index is 1.48. The third kappa shape index (κ3) is 2.23. The number of methoxy groups -OCH3 is 1. The minimum Gasteiger partial charge on any atom is -0.454 e. The lowest BCUT2D eigenvalue weighted by Crippen LogP contribution is -2.74. The summed E-state index contributed by atoms with van der Waals surface area (Å²) in [5.41, 5.74) is -0.816.